The van der Waals surface area contributed by atoms with E-state index in [4.69, 9.17) is 0 Å². The molecule has 0 radical (unpaired) electrons. The summed E-state index contributed by atoms with van der Waals surface area (Å²) in [6.45, 7) is 4.89. The molecule has 1 aromatic carbocycles. The first kappa shape index (κ1) is 11.1. The van der Waals surface area contributed by atoms with Crippen molar-refractivity contribution in [3.05, 3.63) is 35.4 Å². The number of fused-ring (bicyclic) bond motifs is 1. The zero-order valence-electron chi connectivity index (χ0n) is 9.63. The maximum atomic E-state index is 13.1. The van der Waals surface area contributed by atoms with Crippen LogP contribution in [0, 0.1) is 23.5 Å². The van der Waals surface area contributed by atoms with Crippen LogP contribution in [0.3, 0.4) is 0 Å². The third-order valence-corrected chi connectivity index (χ3v) is 3.79. The number of halogens is 2. The van der Waals surface area contributed by atoms with Crippen LogP contribution in [0.5, 0.6) is 0 Å². The topological polar surface area (TPSA) is 15.3 Å². The highest BCUT2D eigenvalue weighted by atomic mass is 19.1. The average Bonchev–Trinajstić information content (AvgIpc) is 2.75. The van der Waals surface area contributed by atoms with Crippen LogP contribution in [0.4, 0.5) is 8.78 Å². The first-order chi connectivity index (χ1) is 8.20. The zero-order chi connectivity index (χ0) is 11.8. The van der Waals surface area contributed by atoms with Crippen LogP contribution in [0.25, 0.3) is 0 Å². The van der Waals surface area contributed by atoms with Crippen LogP contribution in [0.15, 0.2) is 18.2 Å². The summed E-state index contributed by atoms with van der Waals surface area (Å²) < 4.78 is 26.1. The smallest absolute Gasteiger partial charge is 0.126 e. The quantitative estimate of drug-likeness (QED) is 0.842. The van der Waals surface area contributed by atoms with Crippen molar-refractivity contribution >= 4 is 0 Å². The lowest BCUT2D eigenvalue weighted by Crippen LogP contribution is -2.25. The monoisotopic (exact) mass is 238 g/mol. The van der Waals surface area contributed by atoms with E-state index in [1.54, 1.807) is 0 Å². The van der Waals surface area contributed by atoms with Gasteiger partial charge < -0.3 is 5.32 Å². The molecule has 17 heavy (non-hydrogen) atoms. The fourth-order valence-electron chi connectivity index (χ4n) is 3.04. The van der Waals surface area contributed by atoms with Crippen molar-refractivity contribution in [2.24, 2.45) is 11.8 Å². The van der Waals surface area contributed by atoms with Gasteiger partial charge in [0, 0.05) is 25.7 Å². The number of nitrogens with one attached hydrogen (secondary N) is 1. The van der Waals surface area contributed by atoms with Crippen LogP contribution in [-0.2, 0) is 6.54 Å². The largest absolute Gasteiger partial charge is 0.316 e. The molecule has 2 unspecified atom stereocenters. The van der Waals surface area contributed by atoms with Gasteiger partial charge in [-0.2, -0.15) is 0 Å². The molecular weight excluding hydrogens is 222 g/mol. The van der Waals surface area contributed by atoms with Crippen LogP contribution >= 0.6 is 0 Å². The molecular formula is C13H16F2N2. The molecule has 2 aliphatic rings. The highest BCUT2D eigenvalue weighted by Crippen LogP contribution is 2.27. The first-order valence-corrected chi connectivity index (χ1v) is 6.09. The standard InChI is InChI=1S/C13H16F2N2/c14-12-1-9(2-13(15)3-12)6-17-7-10-4-16-5-11(10)8-17/h1-3,10-11,16H,4-8H2. The molecule has 2 aliphatic heterocycles. The van der Waals surface area contributed by atoms with Gasteiger partial charge in [0.25, 0.3) is 0 Å². The number of hydrogen-bond donors (Lipinski definition) is 1. The van der Waals surface area contributed by atoms with Crippen molar-refractivity contribution in [2.45, 2.75) is 6.54 Å². The lowest BCUT2D eigenvalue weighted by atomic mass is 10.0. The van der Waals surface area contributed by atoms with E-state index in [2.05, 4.69) is 10.2 Å². The molecule has 2 nitrogen and oxygen atoms in total. The van der Waals surface area contributed by atoms with Crippen molar-refractivity contribution in [1.82, 2.24) is 10.2 Å². The second kappa shape index (κ2) is 4.35. The molecule has 4 heteroatoms. The molecule has 0 aromatic heterocycles. The predicted octanol–water partition coefficient (Wildman–Crippen LogP) is 1.62. The number of nitrogens with zero attached hydrogens (tertiary/aromatic N) is 1. The Labute approximate surface area is 99.6 Å². The summed E-state index contributed by atoms with van der Waals surface area (Å²) in [5.41, 5.74) is 0.732. The molecule has 1 N–H and O–H groups in total. The van der Waals surface area contributed by atoms with E-state index in [0.29, 0.717) is 18.4 Å². The third-order valence-electron chi connectivity index (χ3n) is 3.79. The molecule has 3 rings (SSSR count). The van der Waals surface area contributed by atoms with Crippen LogP contribution in [0.1, 0.15) is 5.56 Å². The molecule has 1 aromatic rings. The molecule has 2 heterocycles. The van der Waals surface area contributed by atoms with Crippen molar-refractivity contribution < 1.29 is 8.78 Å². The average molecular weight is 238 g/mol. The van der Waals surface area contributed by atoms with E-state index in [9.17, 15) is 8.78 Å². The highest BCUT2D eigenvalue weighted by Gasteiger charge is 2.35. The van der Waals surface area contributed by atoms with Gasteiger partial charge in [0.05, 0.1) is 0 Å². The Morgan fingerprint density at radius 2 is 1.65 bits per heavy atom. The molecule has 0 amide bonds. The molecule has 92 valence electrons. The Hall–Kier alpha value is -1.00. The minimum Gasteiger partial charge on any atom is -0.316 e. The van der Waals surface area contributed by atoms with E-state index >= 15 is 0 Å². The number of benzene rings is 1. The normalized spacial score (nSPS) is 28.6. The summed E-state index contributed by atoms with van der Waals surface area (Å²) in [4.78, 5) is 2.30. The Morgan fingerprint density at radius 3 is 2.24 bits per heavy atom. The summed E-state index contributed by atoms with van der Waals surface area (Å²) in [6, 6.07) is 3.77. The zero-order valence-corrected chi connectivity index (χ0v) is 9.63. The fraction of sp³-hybridized carbons (Fsp3) is 0.538. The molecule has 0 saturated carbocycles. The van der Waals surface area contributed by atoms with Crippen LogP contribution in [-0.4, -0.2) is 31.1 Å². The van der Waals surface area contributed by atoms with E-state index in [0.717, 1.165) is 37.8 Å². The molecule has 0 bridgehead atoms. The molecule has 0 spiro atoms. The summed E-state index contributed by atoms with van der Waals surface area (Å²) >= 11 is 0. The molecule has 2 saturated heterocycles. The minimum absolute atomic E-state index is 0.485. The summed E-state index contributed by atoms with van der Waals surface area (Å²) in [5, 5.41) is 3.38. The van der Waals surface area contributed by atoms with E-state index in [1.165, 1.54) is 12.1 Å². The summed E-state index contributed by atoms with van der Waals surface area (Å²) in [6.07, 6.45) is 0. The van der Waals surface area contributed by atoms with E-state index in [1.807, 2.05) is 0 Å². The number of hydrogen-bond acceptors (Lipinski definition) is 2. The summed E-state index contributed by atoms with van der Waals surface area (Å²) in [7, 11) is 0. The lowest BCUT2D eigenvalue weighted by Gasteiger charge is -2.17. The SMILES string of the molecule is Fc1cc(F)cc(CN2CC3CNCC3C2)c1. The Bertz CT molecular complexity index is 390. The molecule has 0 aliphatic carbocycles. The Morgan fingerprint density at radius 1 is 1.06 bits per heavy atom. The third kappa shape index (κ3) is 2.33. The van der Waals surface area contributed by atoms with Gasteiger partial charge in [0.2, 0.25) is 0 Å². The lowest BCUT2D eigenvalue weighted by molar-refractivity contribution is 0.304. The number of rotatable bonds is 2. The van der Waals surface area contributed by atoms with Crippen molar-refractivity contribution in [3.63, 3.8) is 0 Å². The van der Waals surface area contributed by atoms with E-state index in [-0.39, 0.29) is 0 Å². The maximum absolute atomic E-state index is 13.1. The van der Waals surface area contributed by atoms with Crippen LogP contribution < -0.4 is 5.32 Å². The van der Waals surface area contributed by atoms with Gasteiger partial charge in [0.1, 0.15) is 11.6 Å². The van der Waals surface area contributed by atoms with Gasteiger partial charge >= 0.3 is 0 Å². The van der Waals surface area contributed by atoms with Crippen molar-refractivity contribution in [3.8, 4) is 0 Å². The van der Waals surface area contributed by atoms with Gasteiger partial charge in [-0.25, -0.2) is 8.78 Å². The molecule has 2 fully saturated rings. The summed E-state index contributed by atoms with van der Waals surface area (Å²) in [5.74, 6) is 0.462. The van der Waals surface area contributed by atoms with Gasteiger partial charge in [-0.15, -0.1) is 0 Å². The number of likely N-dealkylation sites (tertiary alicyclic amines) is 1. The second-order valence-corrected chi connectivity index (χ2v) is 5.15. The van der Waals surface area contributed by atoms with E-state index < -0.39 is 11.6 Å². The second-order valence-electron chi connectivity index (χ2n) is 5.15. The van der Waals surface area contributed by atoms with Gasteiger partial charge in [-0.1, -0.05) is 0 Å². The van der Waals surface area contributed by atoms with Gasteiger partial charge in [-0.05, 0) is 42.6 Å². The van der Waals surface area contributed by atoms with Crippen molar-refractivity contribution in [2.75, 3.05) is 26.2 Å². The minimum atomic E-state index is -0.485. The first-order valence-electron chi connectivity index (χ1n) is 6.09. The van der Waals surface area contributed by atoms with Gasteiger partial charge in [0.15, 0.2) is 0 Å². The Balaban J connectivity index is 1.67. The van der Waals surface area contributed by atoms with Crippen LogP contribution in [0.2, 0.25) is 0 Å². The Kier molecular flexibility index (Phi) is 2.84. The fourth-order valence-corrected chi connectivity index (χ4v) is 3.04. The van der Waals surface area contributed by atoms with Gasteiger partial charge in [-0.3, -0.25) is 4.90 Å². The maximum Gasteiger partial charge on any atom is 0.126 e. The van der Waals surface area contributed by atoms with Crippen molar-refractivity contribution in [1.29, 1.82) is 0 Å². The predicted molar refractivity (Wildman–Crippen MR) is 61.5 cm³/mol. The highest BCUT2D eigenvalue weighted by molar-refractivity contribution is 5.18. The molecule has 2 atom stereocenters.